The van der Waals surface area contributed by atoms with Gasteiger partial charge in [-0.1, -0.05) is 0 Å². The number of rotatable bonds is 6. The van der Waals surface area contributed by atoms with Gasteiger partial charge in [-0.15, -0.1) is 0 Å². The van der Waals surface area contributed by atoms with Crippen molar-refractivity contribution in [1.29, 1.82) is 0 Å². The van der Waals surface area contributed by atoms with Crippen molar-refractivity contribution in [2.24, 2.45) is 0 Å². The van der Waals surface area contributed by atoms with Gasteiger partial charge < -0.3 is 29.0 Å². The molecule has 1 saturated heterocycles. The van der Waals surface area contributed by atoms with Crippen molar-refractivity contribution in [2.75, 3.05) is 6.61 Å². The maximum atomic E-state index is 11.6. The molecule has 0 radical (unpaired) electrons. The summed E-state index contributed by atoms with van der Waals surface area (Å²) in [7, 11) is 0. The summed E-state index contributed by atoms with van der Waals surface area (Å²) in [5.41, 5.74) is 0. The molecule has 1 fully saturated rings. The highest BCUT2D eigenvalue weighted by Gasteiger charge is 2.52. The number of hydrogen-bond donors (Lipinski definition) is 1. The van der Waals surface area contributed by atoms with Crippen LogP contribution < -0.4 is 5.32 Å². The lowest BCUT2D eigenvalue weighted by Gasteiger charge is -2.44. The minimum Gasteiger partial charge on any atom is -0.463 e. The Morgan fingerprint density at radius 2 is 1.22 bits per heavy atom. The van der Waals surface area contributed by atoms with Crippen molar-refractivity contribution in [3.05, 3.63) is 0 Å². The largest absolute Gasteiger partial charge is 0.463 e. The fraction of sp³-hybridized carbons (Fsp3) is 0.688. The Morgan fingerprint density at radius 1 is 0.741 bits per heavy atom. The van der Waals surface area contributed by atoms with Gasteiger partial charge >= 0.3 is 23.9 Å². The van der Waals surface area contributed by atoms with Gasteiger partial charge in [0.05, 0.1) is 0 Å². The van der Waals surface area contributed by atoms with E-state index in [0.29, 0.717) is 0 Å². The van der Waals surface area contributed by atoms with Crippen LogP contribution in [0.25, 0.3) is 0 Å². The number of esters is 4. The van der Waals surface area contributed by atoms with Crippen molar-refractivity contribution in [3.8, 4) is 0 Å². The molecule has 0 aromatic carbocycles. The Balaban J connectivity index is 3.29. The van der Waals surface area contributed by atoms with Gasteiger partial charge in [0.2, 0.25) is 5.91 Å². The second-order valence-corrected chi connectivity index (χ2v) is 5.82. The third-order valence-corrected chi connectivity index (χ3v) is 3.34. The lowest BCUT2D eigenvalue weighted by Crippen LogP contribution is -2.66. The summed E-state index contributed by atoms with van der Waals surface area (Å²) in [4.78, 5) is 57.2. The minimum absolute atomic E-state index is 0.353. The van der Waals surface area contributed by atoms with Crippen molar-refractivity contribution in [2.45, 2.75) is 65.3 Å². The highest BCUT2D eigenvalue weighted by atomic mass is 16.7. The van der Waals surface area contributed by atoms with Crippen LogP contribution in [0.4, 0.5) is 0 Å². The molecule has 0 aromatic rings. The summed E-state index contributed by atoms with van der Waals surface area (Å²) in [5, 5.41) is 2.42. The summed E-state index contributed by atoms with van der Waals surface area (Å²) in [6, 6.07) is 0. The van der Waals surface area contributed by atoms with Gasteiger partial charge in [0.15, 0.2) is 24.5 Å². The Labute approximate surface area is 155 Å². The van der Waals surface area contributed by atoms with Crippen LogP contribution in [0, 0.1) is 0 Å². The van der Waals surface area contributed by atoms with Crippen LogP contribution in [-0.2, 0) is 47.7 Å². The maximum absolute atomic E-state index is 11.6. The molecule has 1 aliphatic heterocycles. The third-order valence-electron chi connectivity index (χ3n) is 3.34. The van der Waals surface area contributed by atoms with E-state index in [1.807, 2.05) is 0 Å². The molecule has 1 amide bonds. The zero-order chi connectivity index (χ0) is 20.7. The summed E-state index contributed by atoms with van der Waals surface area (Å²) in [6.07, 6.45) is -6.18. The Kier molecular flexibility index (Phi) is 8.16. The molecule has 0 spiro atoms. The van der Waals surface area contributed by atoms with E-state index in [9.17, 15) is 24.0 Å². The smallest absolute Gasteiger partial charge is 0.303 e. The molecule has 152 valence electrons. The quantitative estimate of drug-likeness (QED) is 0.453. The minimum atomic E-state index is -1.30. The van der Waals surface area contributed by atoms with Crippen LogP contribution in [0.2, 0.25) is 0 Å². The molecule has 1 N–H and O–H groups in total. The zero-order valence-electron chi connectivity index (χ0n) is 15.7. The zero-order valence-corrected chi connectivity index (χ0v) is 15.7. The molecule has 0 aromatic heterocycles. The fourth-order valence-electron chi connectivity index (χ4n) is 2.54. The second kappa shape index (κ2) is 9.86. The van der Waals surface area contributed by atoms with Gasteiger partial charge in [0.1, 0.15) is 12.7 Å². The summed E-state index contributed by atoms with van der Waals surface area (Å²) < 4.78 is 26.1. The molecular weight excluding hydrogens is 366 g/mol. The molecule has 11 nitrogen and oxygen atoms in total. The molecule has 1 rings (SSSR count). The summed E-state index contributed by atoms with van der Waals surface area (Å²) >= 11 is 0. The second-order valence-electron chi connectivity index (χ2n) is 5.82. The van der Waals surface area contributed by atoms with Crippen molar-refractivity contribution in [1.82, 2.24) is 5.32 Å². The molecule has 0 saturated carbocycles. The van der Waals surface area contributed by atoms with Crippen LogP contribution in [-0.4, -0.2) is 67.0 Å². The van der Waals surface area contributed by atoms with E-state index in [1.165, 1.54) is 13.8 Å². The van der Waals surface area contributed by atoms with Crippen LogP contribution in [0.15, 0.2) is 0 Å². The SMILES string of the molecule is CC(=O)N[C@@H]1OC(COC(C)=O)[C@@H](OC(C)=O)C(OC(C)=O)C1OC(C)=O. The Bertz CT molecular complexity index is 604. The average Bonchev–Trinajstić information content (AvgIpc) is 2.49. The molecule has 11 heteroatoms. The monoisotopic (exact) mass is 389 g/mol. The van der Waals surface area contributed by atoms with E-state index in [4.69, 9.17) is 23.7 Å². The number of carbonyl (C=O) groups excluding carboxylic acids is 5. The van der Waals surface area contributed by atoms with E-state index in [1.54, 1.807) is 0 Å². The molecule has 27 heavy (non-hydrogen) atoms. The predicted octanol–water partition coefficient (Wildman–Crippen LogP) is -0.794. The fourth-order valence-corrected chi connectivity index (χ4v) is 2.54. The van der Waals surface area contributed by atoms with Gasteiger partial charge in [-0.25, -0.2) is 0 Å². The van der Waals surface area contributed by atoms with E-state index in [0.717, 1.165) is 20.8 Å². The van der Waals surface area contributed by atoms with Gasteiger partial charge in [0.25, 0.3) is 0 Å². The lowest BCUT2D eigenvalue weighted by atomic mass is 9.97. The molecule has 0 bridgehead atoms. The van der Waals surface area contributed by atoms with Gasteiger partial charge in [-0.3, -0.25) is 24.0 Å². The van der Waals surface area contributed by atoms with E-state index < -0.39 is 60.4 Å². The maximum Gasteiger partial charge on any atom is 0.303 e. The Morgan fingerprint density at radius 3 is 1.67 bits per heavy atom. The van der Waals surface area contributed by atoms with Crippen molar-refractivity contribution < 1.29 is 47.7 Å². The predicted molar refractivity (Wildman–Crippen MR) is 85.8 cm³/mol. The highest BCUT2D eigenvalue weighted by molar-refractivity contribution is 5.73. The lowest BCUT2D eigenvalue weighted by molar-refractivity contribution is -0.256. The summed E-state index contributed by atoms with van der Waals surface area (Å²) in [5.74, 6) is -3.36. The van der Waals surface area contributed by atoms with Crippen LogP contribution >= 0.6 is 0 Å². The molecule has 3 unspecified atom stereocenters. The first-order valence-electron chi connectivity index (χ1n) is 8.08. The van der Waals surface area contributed by atoms with E-state index in [-0.39, 0.29) is 6.61 Å². The van der Waals surface area contributed by atoms with Crippen LogP contribution in [0.1, 0.15) is 34.6 Å². The number of amides is 1. The van der Waals surface area contributed by atoms with Crippen LogP contribution in [0.3, 0.4) is 0 Å². The van der Waals surface area contributed by atoms with Gasteiger partial charge in [0, 0.05) is 34.6 Å². The molecule has 1 heterocycles. The number of ether oxygens (including phenoxy) is 5. The Hall–Kier alpha value is -2.69. The first kappa shape index (κ1) is 22.4. The normalized spacial score (nSPS) is 27.1. The third kappa shape index (κ3) is 7.21. The molecular formula is C16H23NO10. The average molecular weight is 389 g/mol. The number of hydrogen-bond acceptors (Lipinski definition) is 10. The van der Waals surface area contributed by atoms with Crippen molar-refractivity contribution in [3.63, 3.8) is 0 Å². The van der Waals surface area contributed by atoms with Crippen LogP contribution in [0.5, 0.6) is 0 Å². The topological polar surface area (TPSA) is 144 Å². The number of carbonyl (C=O) groups is 5. The molecule has 0 aliphatic carbocycles. The highest BCUT2D eigenvalue weighted by Crippen LogP contribution is 2.28. The number of nitrogens with one attached hydrogen (secondary N) is 1. The molecule has 5 atom stereocenters. The summed E-state index contributed by atoms with van der Waals surface area (Å²) in [6.45, 7) is 5.36. The molecule has 1 aliphatic rings. The standard InChI is InChI=1S/C16H23NO10/c1-7(18)17-16-15(26-11(5)22)14(25-10(4)21)13(24-9(3)20)12(27-16)6-23-8(2)19/h12-16H,6H2,1-5H3,(H,17,18)/t12?,13-,14?,15?,16-/m1/s1. The van der Waals surface area contributed by atoms with E-state index in [2.05, 4.69) is 5.32 Å². The van der Waals surface area contributed by atoms with E-state index >= 15 is 0 Å². The first-order chi connectivity index (χ1) is 12.5. The first-order valence-corrected chi connectivity index (χ1v) is 8.08. The van der Waals surface area contributed by atoms with Gasteiger partial charge in [-0.05, 0) is 0 Å². The van der Waals surface area contributed by atoms with Gasteiger partial charge in [-0.2, -0.15) is 0 Å². The van der Waals surface area contributed by atoms with Crippen molar-refractivity contribution >= 4 is 29.8 Å².